The Labute approximate surface area is 71.5 Å². The molecule has 0 aromatic heterocycles. The van der Waals surface area contributed by atoms with E-state index in [1.165, 1.54) is 4.31 Å². The summed E-state index contributed by atoms with van der Waals surface area (Å²) in [7, 11) is -3.32. The van der Waals surface area contributed by atoms with Crippen molar-refractivity contribution in [3.8, 4) is 0 Å². The van der Waals surface area contributed by atoms with Gasteiger partial charge in [-0.25, -0.2) is 4.72 Å². The molecule has 1 atom stereocenters. The molecular formula is C5H13N3O3S. The molecule has 1 aliphatic heterocycles. The fourth-order valence-corrected chi connectivity index (χ4v) is 2.24. The van der Waals surface area contributed by atoms with Crippen molar-refractivity contribution in [1.29, 1.82) is 0 Å². The average Bonchev–Trinajstić information content (AvgIpc) is 2.31. The SMILES string of the molecule is NCC(O)CN1CCNS1(=O)=O. The maximum Gasteiger partial charge on any atom is 0.279 e. The average molecular weight is 195 g/mol. The lowest BCUT2D eigenvalue weighted by Gasteiger charge is -2.16. The van der Waals surface area contributed by atoms with Crippen molar-refractivity contribution < 1.29 is 13.5 Å². The van der Waals surface area contributed by atoms with E-state index in [0.717, 1.165) is 0 Å². The molecule has 0 radical (unpaired) electrons. The molecule has 7 heteroatoms. The van der Waals surface area contributed by atoms with E-state index in [0.29, 0.717) is 13.1 Å². The van der Waals surface area contributed by atoms with Crippen LogP contribution in [0.2, 0.25) is 0 Å². The van der Waals surface area contributed by atoms with Crippen LogP contribution in [0.4, 0.5) is 0 Å². The van der Waals surface area contributed by atoms with Crippen LogP contribution in [-0.4, -0.2) is 50.1 Å². The molecule has 1 rings (SSSR count). The molecule has 1 saturated heterocycles. The topological polar surface area (TPSA) is 95.7 Å². The molecule has 0 aromatic carbocycles. The molecule has 1 heterocycles. The van der Waals surface area contributed by atoms with E-state index in [2.05, 4.69) is 4.72 Å². The third-order valence-electron chi connectivity index (χ3n) is 1.67. The van der Waals surface area contributed by atoms with Gasteiger partial charge >= 0.3 is 0 Å². The second-order valence-corrected chi connectivity index (χ2v) is 4.40. The number of nitrogens with zero attached hydrogens (tertiary/aromatic N) is 1. The maximum atomic E-state index is 11.1. The van der Waals surface area contributed by atoms with Crippen LogP contribution in [0, 0.1) is 0 Å². The van der Waals surface area contributed by atoms with Crippen LogP contribution < -0.4 is 10.5 Å². The number of nitrogens with one attached hydrogen (secondary N) is 1. The molecule has 0 bridgehead atoms. The fourth-order valence-electron chi connectivity index (χ4n) is 1.01. The third-order valence-corrected chi connectivity index (χ3v) is 3.25. The Bertz CT molecular complexity index is 240. The fraction of sp³-hybridized carbons (Fsp3) is 1.00. The summed E-state index contributed by atoms with van der Waals surface area (Å²) in [4.78, 5) is 0. The van der Waals surface area contributed by atoms with Crippen molar-refractivity contribution in [3.05, 3.63) is 0 Å². The highest BCUT2D eigenvalue weighted by Gasteiger charge is 2.28. The molecule has 1 fully saturated rings. The molecule has 1 unspecified atom stereocenters. The zero-order chi connectivity index (χ0) is 9.19. The lowest BCUT2D eigenvalue weighted by Crippen LogP contribution is -2.38. The first-order chi connectivity index (χ1) is 5.56. The van der Waals surface area contributed by atoms with Crippen molar-refractivity contribution in [2.75, 3.05) is 26.2 Å². The van der Waals surface area contributed by atoms with Crippen LogP contribution >= 0.6 is 0 Å². The first-order valence-electron chi connectivity index (χ1n) is 3.69. The summed E-state index contributed by atoms with van der Waals surface area (Å²) in [6, 6.07) is 0. The van der Waals surface area contributed by atoms with Crippen molar-refractivity contribution in [2.24, 2.45) is 5.73 Å². The van der Waals surface area contributed by atoms with E-state index in [-0.39, 0.29) is 13.1 Å². The van der Waals surface area contributed by atoms with Gasteiger partial charge in [0, 0.05) is 26.2 Å². The zero-order valence-electron chi connectivity index (χ0n) is 6.60. The molecule has 1 aliphatic rings. The zero-order valence-corrected chi connectivity index (χ0v) is 7.42. The molecule has 0 spiro atoms. The molecule has 0 saturated carbocycles. The highest BCUT2D eigenvalue weighted by Crippen LogP contribution is 2.04. The number of hydrogen-bond acceptors (Lipinski definition) is 4. The first kappa shape index (κ1) is 9.87. The van der Waals surface area contributed by atoms with Crippen LogP contribution in [-0.2, 0) is 10.2 Å². The quantitative estimate of drug-likeness (QED) is 0.462. The van der Waals surface area contributed by atoms with Crippen LogP contribution in [0.15, 0.2) is 0 Å². The van der Waals surface area contributed by atoms with Crippen molar-refractivity contribution >= 4 is 10.2 Å². The standard InChI is InChI=1S/C5H13N3O3S/c6-3-5(9)4-8-2-1-7-12(8,10)11/h5,7,9H,1-4,6H2. The van der Waals surface area contributed by atoms with Gasteiger partial charge in [0.25, 0.3) is 10.2 Å². The Hall–Kier alpha value is -0.210. The monoisotopic (exact) mass is 195 g/mol. The van der Waals surface area contributed by atoms with Gasteiger partial charge in [0.2, 0.25) is 0 Å². The van der Waals surface area contributed by atoms with Gasteiger partial charge in [-0.3, -0.25) is 0 Å². The molecule has 72 valence electrons. The van der Waals surface area contributed by atoms with E-state index in [9.17, 15) is 8.42 Å². The van der Waals surface area contributed by atoms with Gasteiger partial charge in [-0.05, 0) is 0 Å². The first-order valence-corrected chi connectivity index (χ1v) is 5.13. The van der Waals surface area contributed by atoms with Crippen LogP contribution in [0.3, 0.4) is 0 Å². The Morgan fingerprint density at radius 2 is 2.33 bits per heavy atom. The minimum Gasteiger partial charge on any atom is -0.390 e. The molecule has 0 amide bonds. The number of rotatable bonds is 3. The lowest BCUT2D eigenvalue weighted by atomic mass is 10.3. The number of nitrogens with two attached hydrogens (primary N) is 1. The Kier molecular flexibility index (Phi) is 3.02. The maximum absolute atomic E-state index is 11.1. The summed E-state index contributed by atoms with van der Waals surface area (Å²) in [5.41, 5.74) is 5.15. The highest BCUT2D eigenvalue weighted by molar-refractivity contribution is 7.87. The van der Waals surface area contributed by atoms with Gasteiger partial charge in [0.05, 0.1) is 6.10 Å². The summed E-state index contributed by atoms with van der Waals surface area (Å²) in [6.45, 7) is 0.955. The van der Waals surface area contributed by atoms with Gasteiger partial charge < -0.3 is 10.8 Å². The lowest BCUT2D eigenvalue weighted by molar-refractivity contribution is 0.156. The second-order valence-electron chi connectivity index (χ2n) is 2.65. The van der Waals surface area contributed by atoms with Crippen molar-refractivity contribution in [3.63, 3.8) is 0 Å². The van der Waals surface area contributed by atoms with E-state index in [4.69, 9.17) is 10.8 Å². The minimum absolute atomic E-state index is 0.0752. The summed E-state index contributed by atoms with van der Waals surface area (Å²) in [6.07, 6.45) is -0.778. The van der Waals surface area contributed by atoms with Crippen LogP contribution in [0.1, 0.15) is 0 Å². The Morgan fingerprint density at radius 3 is 2.75 bits per heavy atom. The predicted octanol–water partition coefficient (Wildman–Crippen LogP) is -2.54. The number of aliphatic hydroxyl groups is 1. The van der Waals surface area contributed by atoms with Gasteiger partial charge in [-0.2, -0.15) is 12.7 Å². The molecule has 12 heavy (non-hydrogen) atoms. The van der Waals surface area contributed by atoms with Crippen molar-refractivity contribution in [2.45, 2.75) is 6.10 Å². The largest absolute Gasteiger partial charge is 0.390 e. The van der Waals surface area contributed by atoms with Gasteiger partial charge in [-0.15, -0.1) is 0 Å². The molecule has 4 N–H and O–H groups in total. The summed E-state index contributed by atoms with van der Waals surface area (Å²) < 4.78 is 25.7. The van der Waals surface area contributed by atoms with E-state index < -0.39 is 16.3 Å². The molecule has 6 nitrogen and oxygen atoms in total. The number of aliphatic hydroxyl groups excluding tert-OH is 1. The molecular weight excluding hydrogens is 182 g/mol. The van der Waals surface area contributed by atoms with Crippen LogP contribution in [0.25, 0.3) is 0 Å². The van der Waals surface area contributed by atoms with Gasteiger partial charge in [0.1, 0.15) is 0 Å². The van der Waals surface area contributed by atoms with Crippen molar-refractivity contribution in [1.82, 2.24) is 9.03 Å². The highest BCUT2D eigenvalue weighted by atomic mass is 32.2. The molecule has 0 aromatic rings. The van der Waals surface area contributed by atoms with E-state index in [1.54, 1.807) is 0 Å². The number of β-amino-alcohol motifs (C(OH)–C–C–N with tert-alkyl or cyclic N) is 1. The second kappa shape index (κ2) is 3.67. The summed E-state index contributed by atoms with van der Waals surface area (Å²) in [5, 5.41) is 9.09. The van der Waals surface area contributed by atoms with Gasteiger partial charge in [0.15, 0.2) is 0 Å². The van der Waals surface area contributed by atoms with Crippen LogP contribution in [0.5, 0.6) is 0 Å². The van der Waals surface area contributed by atoms with Gasteiger partial charge in [-0.1, -0.05) is 0 Å². The summed E-state index contributed by atoms with van der Waals surface area (Å²) >= 11 is 0. The van der Waals surface area contributed by atoms with E-state index >= 15 is 0 Å². The normalized spacial score (nSPS) is 25.8. The smallest absolute Gasteiger partial charge is 0.279 e. The molecule has 0 aliphatic carbocycles. The minimum atomic E-state index is -3.32. The van der Waals surface area contributed by atoms with E-state index in [1.807, 2.05) is 0 Å². The predicted molar refractivity (Wildman–Crippen MR) is 43.6 cm³/mol. The number of hydrogen-bond donors (Lipinski definition) is 3. The Balaban J connectivity index is 2.53. The third kappa shape index (κ3) is 2.14. The summed E-state index contributed by atoms with van der Waals surface area (Å²) in [5.74, 6) is 0. The Morgan fingerprint density at radius 1 is 1.67 bits per heavy atom.